The Morgan fingerprint density at radius 2 is 1.87 bits per heavy atom. The van der Waals surface area contributed by atoms with Gasteiger partial charge in [0.1, 0.15) is 11.1 Å². The lowest BCUT2D eigenvalue weighted by molar-refractivity contribution is -0.139. The zero-order chi connectivity index (χ0) is 21.4. The highest BCUT2D eigenvalue weighted by molar-refractivity contribution is 7.18. The van der Waals surface area contributed by atoms with Crippen molar-refractivity contribution < 1.29 is 9.68 Å². The van der Waals surface area contributed by atoms with E-state index in [1.165, 1.54) is 33.5 Å². The van der Waals surface area contributed by atoms with Gasteiger partial charge < -0.3 is 9.74 Å². The normalized spacial score (nSPS) is 23.6. The number of thiazole rings is 1. The molecule has 1 atom stereocenters. The second-order valence-corrected chi connectivity index (χ2v) is 11.5. The van der Waals surface area contributed by atoms with Gasteiger partial charge in [-0.25, -0.2) is 4.98 Å². The highest BCUT2D eigenvalue weighted by atomic mass is 32.1. The minimum atomic E-state index is -0.182. The summed E-state index contributed by atoms with van der Waals surface area (Å²) in [6, 6.07) is 10.7. The van der Waals surface area contributed by atoms with Crippen molar-refractivity contribution in [3.8, 4) is 5.75 Å². The van der Waals surface area contributed by atoms with Crippen LogP contribution < -0.4 is 15.4 Å². The second-order valence-electron chi connectivity index (χ2n) is 10.4. The van der Waals surface area contributed by atoms with Crippen LogP contribution >= 0.6 is 11.3 Å². The van der Waals surface area contributed by atoms with Crippen molar-refractivity contribution in [1.29, 1.82) is 0 Å². The average Bonchev–Trinajstić information content (AvgIpc) is 3.05. The molecule has 6 rings (SSSR count). The molecule has 4 heterocycles. The minimum Gasteiger partial charge on any atom is -0.383 e. The predicted molar refractivity (Wildman–Crippen MR) is 125 cm³/mol. The van der Waals surface area contributed by atoms with Crippen LogP contribution in [0.15, 0.2) is 30.3 Å². The monoisotopic (exact) mass is 435 g/mol. The molecule has 3 aromatic rings. The Hall–Kier alpha value is -2.15. The molecule has 0 amide bonds. The largest absolute Gasteiger partial charge is 0.383 e. The average molecular weight is 436 g/mol. The molecule has 31 heavy (non-hydrogen) atoms. The van der Waals surface area contributed by atoms with Gasteiger partial charge in [0, 0.05) is 36.3 Å². The van der Waals surface area contributed by atoms with Gasteiger partial charge in [-0.3, -0.25) is 4.84 Å². The van der Waals surface area contributed by atoms with Crippen LogP contribution in [-0.2, 0) is 22.1 Å². The third-order valence-corrected chi connectivity index (χ3v) is 8.52. The van der Waals surface area contributed by atoms with Gasteiger partial charge in [-0.2, -0.15) is 0 Å². The molecule has 1 N–H and O–H groups in total. The van der Waals surface area contributed by atoms with Gasteiger partial charge in [0.25, 0.3) is 0 Å². The maximum atomic E-state index is 6.13. The Labute approximate surface area is 187 Å². The van der Waals surface area contributed by atoms with Crippen molar-refractivity contribution in [2.24, 2.45) is 0 Å². The summed E-state index contributed by atoms with van der Waals surface area (Å²) < 4.78 is 1.19. The lowest BCUT2D eigenvalue weighted by atomic mass is 9.68. The zero-order valence-corrected chi connectivity index (χ0v) is 19.4. The first-order valence-corrected chi connectivity index (χ1v) is 12.0. The number of nitrogens with one attached hydrogen (secondary N) is 1. The molecule has 5 nitrogen and oxygen atoms in total. The van der Waals surface area contributed by atoms with E-state index in [1.54, 1.807) is 11.3 Å². The summed E-state index contributed by atoms with van der Waals surface area (Å²) in [6.45, 7) is 11.7. The van der Waals surface area contributed by atoms with Crippen LogP contribution in [0, 0.1) is 0 Å². The molecule has 3 aliphatic heterocycles. The summed E-state index contributed by atoms with van der Waals surface area (Å²) in [5.74, 6) is 0.953. The van der Waals surface area contributed by atoms with Gasteiger partial charge in [-0.1, -0.05) is 39.8 Å². The third kappa shape index (κ3) is 2.99. The molecule has 0 saturated heterocycles. The number of nitrogens with zero attached hydrogens (tertiary/aromatic N) is 2. The fraction of sp³-hybridized carbons (Fsp3) is 0.480. The fourth-order valence-corrected chi connectivity index (χ4v) is 6.40. The summed E-state index contributed by atoms with van der Waals surface area (Å²) in [5.41, 5.74) is 9.44. The number of para-hydroxylation sites is 1. The van der Waals surface area contributed by atoms with Gasteiger partial charge in [-0.15, -0.1) is 11.3 Å². The summed E-state index contributed by atoms with van der Waals surface area (Å²) in [4.78, 5) is 19.5. The number of benzene rings is 2. The maximum Gasteiger partial charge on any atom is 0.159 e. The van der Waals surface area contributed by atoms with Gasteiger partial charge in [0.05, 0.1) is 10.2 Å². The Morgan fingerprint density at radius 1 is 1.10 bits per heavy atom. The summed E-state index contributed by atoms with van der Waals surface area (Å²) >= 11 is 1.70. The van der Waals surface area contributed by atoms with Gasteiger partial charge >= 0.3 is 0 Å². The first-order valence-electron chi connectivity index (χ1n) is 11.2. The molecule has 0 bridgehead atoms. The number of rotatable bonds is 1. The van der Waals surface area contributed by atoms with Crippen LogP contribution in [0.25, 0.3) is 10.2 Å². The molecule has 1 aromatic heterocycles. The van der Waals surface area contributed by atoms with Crippen LogP contribution in [0.4, 0.5) is 5.69 Å². The lowest BCUT2D eigenvalue weighted by Crippen LogP contribution is -2.45. The van der Waals surface area contributed by atoms with Crippen molar-refractivity contribution in [1.82, 2.24) is 10.6 Å². The highest BCUT2D eigenvalue weighted by Gasteiger charge is 2.43. The smallest absolute Gasteiger partial charge is 0.159 e. The Balaban J connectivity index is 1.51. The van der Waals surface area contributed by atoms with Crippen LogP contribution in [0.3, 0.4) is 0 Å². The summed E-state index contributed by atoms with van der Waals surface area (Å²) in [7, 11) is 0. The van der Waals surface area contributed by atoms with E-state index >= 15 is 0 Å². The van der Waals surface area contributed by atoms with Gasteiger partial charge in [0.15, 0.2) is 5.75 Å². The molecule has 1 unspecified atom stereocenters. The number of hydrogen-bond donors (Lipinski definition) is 1. The SMILES string of the molecule is CC1(C)CCN2CCC(C)(C)c3c4c(cc1c32)CC(c1nc2ccccc2s1)ONO4. The molecule has 3 aliphatic rings. The zero-order valence-electron chi connectivity index (χ0n) is 18.6. The van der Waals surface area contributed by atoms with Crippen molar-refractivity contribution in [3.05, 3.63) is 52.0 Å². The van der Waals surface area contributed by atoms with E-state index in [0.717, 1.165) is 42.2 Å². The molecular weight excluding hydrogens is 406 g/mol. The highest BCUT2D eigenvalue weighted by Crippen LogP contribution is 2.54. The van der Waals surface area contributed by atoms with Crippen LogP contribution in [0.5, 0.6) is 5.75 Å². The van der Waals surface area contributed by atoms with E-state index in [4.69, 9.17) is 14.7 Å². The second kappa shape index (κ2) is 6.67. The quantitative estimate of drug-likeness (QED) is 0.541. The Bertz CT molecular complexity index is 1150. The van der Waals surface area contributed by atoms with E-state index in [-0.39, 0.29) is 16.9 Å². The number of hydrogen-bond acceptors (Lipinski definition) is 6. The van der Waals surface area contributed by atoms with Crippen LogP contribution in [0.1, 0.15) is 68.3 Å². The molecule has 0 saturated carbocycles. The third-order valence-electron chi connectivity index (χ3n) is 7.39. The van der Waals surface area contributed by atoms with Crippen molar-refractivity contribution in [2.75, 3.05) is 18.0 Å². The van der Waals surface area contributed by atoms with Crippen LogP contribution in [-0.4, -0.2) is 18.1 Å². The first kappa shape index (κ1) is 19.5. The minimum absolute atomic E-state index is 0.0523. The van der Waals surface area contributed by atoms with E-state index in [0.29, 0.717) is 0 Å². The van der Waals surface area contributed by atoms with Gasteiger partial charge in [-0.05, 0) is 53.1 Å². The predicted octanol–water partition coefficient (Wildman–Crippen LogP) is 5.58. The van der Waals surface area contributed by atoms with Crippen molar-refractivity contribution in [2.45, 2.75) is 63.9 Å². The van der Waals surface area contributed by atoms with Crippen molar-refractivity contribution in [3.63, 3.8) is 0 Å². The van der Waals surface area contributed by atoms with E-state index in [9.17, 15) is 0 Å². The topological polar surface area (TPSA) is 46.6 Å². The molecule has 0 spiro atoms. The van der Waals surface area contributed by atoms with E-state index in [2.05, 4.69) is 62.5 Å². The Kier molecular flexibility index (Phi) is 4.20. The van der Waals surface area contributed by atoms with Gasteiger partial charge in [0.2, 0.25) is 0 Å². The number of anilines is 1. The molecule has 2 aromatic carbocycles. The first-order chi connectivity index (χ1) is 14.8. The summed E-state index contributed by atoms with van der Waals surface area (Å²) in [6.07, 6.45) is 2.87. The molecule has 6 heteroatoms. The number of aromatic nitrogens is 1. The standard InChI is InChI=1S/C25H29N3O2S/c1-24(2)9-11-28-12-10-25(3,4)20-21(28)16(24)13-15-14-18(29-27-30-22(15)20)23-26-17-7-5-6-8-19(17)31-23/h5-8,13,18,27H,9-12,14H2,1-4H3. The molecule has 0 fully saturated rings. The fourth-order valence-electron chi connectivity index (χ4n) is 5.41. The maximum absolute atomic E-state index is 6.13. The lowest BCUT2D eigenvalue weighted by Gasteiger charge is -2.48. The van der Waals surface area contributed by atoms with Crippen molar-refractivity contribution >= 4 is 27.2 Å². The Morgan fingerprint density at radius 3 is 2.68 bits per heavy atom. The van der Waals surface area contributed by atoms with E-state index < -0.39 is 0 Å². The molecular formula is C25H29N3O2S. The molecule has 0 aliphatic carbocycles. The molecule has 0 radical (unpaired) electrons. The summed E-state index contributed by atoms with van der Waals surface area (Å²) in [5, 5.41) is 0.983. The molecule has 162 valence electrons. The number of fused-ring (bicyclic) bond motifs is 3. The van der Waals surface area contributed by atoms with E-state index in [1.807, 2.05) is 6.07 Å². The van der Waals surface area contributed by atoms with Crippen LogP contribution in [0.2, 0.25) is 0 Å².